The fourth-order valence-corrected chi connectivity index (χ4v) is 0.546. The number of likely N-dealkylation sites (N-methyl/N-ethyl adjacent to an activating group) is 1. The summed E-state index contributed by atoms with van der Waals surface area (Å²) in [4.78, 5) is 12.4. The maximum Gasteiger partial charge on any atom is 0.317 e. The molecule has 0 aromatic heterocycles. The highest BCUT2D eigenvalue weighted by Crippen LogP contribution is 1.81. The van der Waals surface area contributed by atoms with E-state index < -0.39 is 0 Å². The molecule has 0 unspecified atom stereocenters. The predicted molar refractivity (Wildman–Crippen MR) is 43.3 cm³/mol. The third-order valence-corrected chi connectivity index (χ3v) is 1.18. The number of rotatable bonds is 4. The molecule has 0 fully saturated rings. The first-order valence-electron chi connectivity index (χ1n) is 3.43. The van der Waals surface area contributed by atoms with Gasteiger partial charge < -0.3 is 15.3 Å². The van der Waals surface area contributed by atoms with Crippen LogP contribution in [0.25, 0.3) is 0 Å². The van der Waals surface area contributed by atoms with E-state index in [1.165, 1.54) is 4.90 Å². The summed E-state index contributed by atoms with van der Waals surface area (Å²) in [6.45, 7) is 4.24. The Morgan fingerprint density at radius 3 is 2.91 bits per heavy atom. The predicted octanol–water partition coefficient (Wildman–Crippen LogP) is -0.194. The summed E-state index contributed by atoms with van der Waals surface area (Å²) in [5.74, 6) is 0. The largest absolute Gasteiger partial charge is 0.395 e. The van der Waals surface area contributed by atoms with E-state index in [4.69, 9.17) is 5.11 Å². The van der Waals surface area contributed by atoms with Crippen LogP contribution in [0.5, 0.6) is 0 Å². The van der Waals surface area contributed by atoms with Crippen LogP contribution in [0.15, 0.2) is 12.7 Å². The summed E-state index contributed by atoms with van der Waals surface area (Å²) in [6.07, 6.45) is 1.60. The van der Waals surface area contributed by atoms with Crippen molar-refractivity contribution in [3.8, 4) is 0 Å². The monoisotopic (exact) mass is 158 g/mol. The third-order valence-electron chi connectivity index (χ3n) is 1.18. The zero-order valence-electron chi connectivity index (χ0n) is 6.71. The molecule has 0 radical (unpaired) electrons. The number of hydrogen-bond donors (Lipinski definition) is 2. The molecule has 4 nitrogen and oxygen atoms in total. The van der Waals surface area contributed by atoms with E-state index in [-0.39, 0.29) is 12.6 Å². The quantitative estimate of drug-likeness (QED) is 0.557. The van der Waals surface area contributed by atoms with E-state index in [0.717, 1.165) is 0 Å². The van der Waals surface area contributed by atoms with Crippen molar-refractivity contribution in [3.05, 3.63) is 12.7 Å². The Balaban J connectivity index is 3.54. The number of hydrogen-bond acceptors (Lipinski definition) is 2. The SMILES string of the molecule is C=CCNC(=O)N(C)CCO. The number of aliphatic hydroxyl groups is 1. The number of carbonyl (C=O) groups is 1. The van der Waals surface area contributed by atoms with Gasteiger partial charge in [-0.05, 0) is 0 Å². The standard InChI is InChI=1S/C7H14N2O2/c1-3-4-8-7(11)9(2)5-6-10/h3,10H,1,4-6H2,2H3,(H,8,11). The van der Waals surface area contributed by atoms with Crippen LogP contribution in [0.3, 0.4) is 0 Å². The maximum atomic E-state index is 10.9. The van der Waals surface area contributed by atoms with Gasteiger partial charge in [0.05, 0.1) is 6.61 Å². The van der Waals surface area contributed by atoms with Crippen LogP contribution in [-0.2, 0) is 0 Å². The zero-order chi connectivity index (χ0) is 8.69. The van der Waals surface area contributed by atoms with Crippen LogP contribution in [0.2, 0.25) is 0 Å². The molecule has 0 aliphatic rings. The number of amides is 2. The van der Waals surface area contributed by atoms with Crippen molar-refractivity contribution in [2.45, 2.75) is 0 Å². The van der Waals surface area contributed by atoms with Crippen molar-refractivity contribution < 1.29 is 9.90 Å². The second kappa shape index (κ2) is 5.73. The van der Waals surface area contributed by atoms with Gasteiger partial charge in [0.2, 0.25) is 0 Å². The summed E-state index contributed by atoms with van der Waals surface area (Å²) in [6, 6.07) is -0.195. The molecular formula is C7H14N2O2. The molecule has 64 valence electrons. The fourth-order valence-electron chi connectivity index (χ4n) is 0.546. The van der Waals surface area contributed by atoms with Gasteiger partial charge in [-0.1, -0.05) is 6.08 Å². The number of aliphatic hydroxyl groups excluding tert-OH is 1. The molecule has 0 saturated carbocycles. The molecule has 2 amide bonds. The van der Waals surface area contributed by atoms with E-state index in [9.17, 15) is 4.79 Å². The van der Waals surface area contributed by atoms with Crippen molar-refractivity contribution >= 4 is 6.03 Å². The van der Waals surface area contributed by atoms with Crippen LogP contribution in [0.1, 0.15) is 0 Å². The Bertz CT molecular complexity index is 136. The van der Waals surface area contributed by atoms with Gasteiger partial charge in [-0.25, -0.2) is 4.79 Å². The molecule has 2 N–H and O–H groups in total. The average molecular weight is 158 g/mol. The minimum absolute atomic E-state index is 0.0159. The third kappa shape index (κ3) is 4.38. The smallest absolute Gasteiger partial charge is 0.317 e. The van der Waals surface area contributed by atoms with E-state index in [1.807, 2.05) is 0 Å². The van der Waals surface area contributed by atoms with E-state index in [1.54, 1.807) is 13.1 Å². The molecule has 0 spiro atoms. The summed E-state index contributed by atoms with van der Waals surface area (Å²) in [5.41, 5.74) is 0. The Morgan fingerprint density at radius 2 is 2.45 bits per heavy atom. The van der Waals surface area contributed by atoms with Gasteiger partial charge in [0.1, 0.15) is 0 Å². The lowest BCUT2D eigenvalue weighted by molar-refractivity contribution is 0.191. The summed E-state index contributed by atoms with van der Waals surface area (Å²) >= 11 is 0. The van der Waals surface area contributed by atoms with Crippen molar-refractivity contribution in [1.29, 1.82) is 0 Å². The molecule has 4 heteroatoms. The van der Waals surface area contributed by atoms with Gasteiger partial charge in [-0.15, -0.1) is 6.58 Å². The highest BCUT2D eigenvalue weighted by atomic mass is 16.3. The van der Waals surface area contributed by atoms with Crippen LogP contribution >= 0.6 is 0 Å². The molecule has 0 aliphatic carbocycles. The summed E-state index contributed by atoms with van der Waals surface area (Å²) in [5, 5.41) is 11.0. The average Bonchev–Trinajstić information content (AvgIpc) is 2.00. The highest BCUT2D eigenvalue weighted by Gasteiger charge is 2.03. The maximum absolute atomic E-state index is 10.9. The Kier molecular flexibility index (Phi) is 5.20. The van der Waals surface area contributed by atoms with Crippen LogP contribution in [-0.4, -0.2) is 42.8 Å². The van der Waals surface area contributed by atoms with Crippen molar-refractivity contribution in [2.24, 2.45) is 0 Å². The number of carbonyl (C=O) groups excluding carboxylic acids is 1. The second-order valence-corrected chi connectivity index (χ2v) is 2.12. The first-order chi connectivity index (χ1) is 5.22. The van der Waals surface area contributed by atoms with Gasteiger partial charge >= 0.3 is 6.03 Å². The summed E-state index contributed by atoms with van der Waals surface area (Å²) in [7, 11) is 1.62. The first kappa shape index (κ1) is 9.97. The lowest BCUT2D eigenvalue weighted by Crippen LogP contribution is -2.38. The van der Waals surface area contributed by atoms with Gasteiger partial charge in [-0.2, -0.15) is 0 Å². The van der Waals surface area contributed by atoms with E-state index in [2.05, 4.69) is 11.9 Å². The Morgan fingerprint density at radius 1 is 1.82 bits per heavy atom. The normalized spacial score (nSPS) is 8.91. The molecule has 11 heavy (non-hydrogen) atoms. The first-order valence-corrected chi connectivity index (χ1v) is 3.43. The van der Waals surface area contributed by atoms with Crippen molar-refractivity contribution in [3.63, 3.8) is 0 Å². The van der Waals surface area contributed by atoms with Crippen molar-refractivity contribution in [1.82, 2.24) is 10.2 Å². The zero-order valence-corrected chi connectivity index (χ0v) is 6.71. The highest BCUT2D eigenvalue weighted by molar-refractivity contribution is 5.73. The minimum atomic E-state index is -0.195. The van der Waals surface area contributed by atoms with Crippen LogP contribution < -0.4 is 5.32 Å². The minimum Gasteiger partial charge on any atom is -0.395 e. The molecular weight excluding hydrogens is 144 g/mol. The molecule has 0 rings (SSSR count). The molecule has 0 atom stereocenters. The van der Waals surface area contributed by atoms with E-state index in [0.29, 0.717) is 13.1 Å². The van der Waals surface area contributed by atoms with Crippen LogP contribution in [0.4, 0.5) is 4.79 Å². The number of nitrogens with one attached hydrogen (secondary N) is 1. The lowest BCUT2D eigenvalue weighted by atomic mass is 10.6. The fraction of sp³-hybridized carbons (Fsp3) is 0.571. The van der Waals surface area contributed by atoms with Gasteiger partial charge in [0, 0.05) is 20.1 Å². The summed E-state index contributed by atoms with van der Waals surface area (Å²) < 4.78 is 0. The molecule has 0 heterocycles. The Hall–Kier alpha value is -1.03. The second-order valence-electron chi connectivity index (χ2n) is 2.12. The number of urea groups is 1. The molecule has 0 aromatic rings. The van der Waals surface area contributed by atoms with Crippen molar-refractivity contribution in [2.75, 3.05) is 26.7 Å². The molecule has 0 saturated heterocycles. The van der Waals surface area contributed by atoms with Gasteiger partial charge in [0.25, 0.3) is 0 Å². The number of nitrogens with zero attached hydrogens (tertiary/aromatic N) is 1. The topological polar surface area (TPSA) is 52.6 Å². The molecule has 0 aromatic carbocycles. The van der Waals surface area contributed by atoms with Crippen LogP contribution in [0, 0.1) is 0 Å². The van der Waals surface area contributed by atoms with E-state index >= 15 is 0 Å². The Labute approximate surface area is 66.5 Å². The van der Waals surface area contributed by atoms with Gasteiger partial charge in [-0.3, -0.25) is 0 Å². The molecule has 0 bridgehead atoms. The lowest BCUT2D eigenvalue weighted by Gasteiger charge is -2.15. The van der Waals surface area contributed by atoms with Gasteiger partial charge in [0.15, 0.2) is 0 Å². The molecule has 0 aliphatic heterocycles.